The minimum Gasteiger partial charge on any atom is -0.333 e. The number of rotatable bonds is 3. The van der Waals surface area contributed by atoms with Crippen molar-refractivity contribution >= 4 is 50.7 Å². The maximum Gasteiger partial charge on any atom is 0.269 e. The van der Waals surface area contributed by atoms with Gasteiger partial charge in [-0.2, -0.15) is 0 Å². The third kappa shape index (κ3) is 2.97. The number of carbonyl (C=O) groups is 1. The van der Waals surface area contributed by atoms with Crippen LogP contribution in [0, 0.1) is 0 Å². The van der Waals surface area contributed by atoms with E-state index in [1.807, 2.05) is 30.3 Å². The lowest BCUT2D eigenvalue weighted by Gasteiger charge is -2.28. The van der Waals surface area contributed by atoms with E-state index in [2.05, 4.69) is 20.5 Å². The maximum atomic E-state index is 13.5. The standard InChI is InChI=1S/C21H16BrCl2N3O2/c1-25-10-14(8-16(24)21(25)29)27-18(11-2-4-12(23)5-3-11)19-15(20(27)28)9-17(22)26(19)13-6-7-13/h2-5,8-10,13,18H,6-7H2,1H3. The Hall–Kier alpha value is -2.02. The van der Waals surface area contributed by atoms with Crippen molar-refractivity contribution in [3.8, 4) is 0 Å². The molecule has 29 heavy (non-hydrogen) atoms. The molecule has 1 saturated carbocycles. The van der Waals surface area contributed by atoms with E-state index in [9.17, 15) is 9.59 Å². The van der Waals surface area contributed by atoms with Crippen molar-refractivity contribution in [2.75, 3.05) is 4.90 Å². The first-order valence-corrected chi connectivity index (χ1v) is 10.8. The predicted molar refractivity (Wildman–Crippen MR) is 117 cm³/mol. The Kier molecular flexibility index (Phi) is 4.42. The highest BCUT2D eigenvalue weighted by Crippen LogP contribution is 2.49. The molecule has 0 spiro atoms. The van der Waals surface area contributed by atoms with Crippen LogP contribution >= 0.6 is 39.1 Å². The number of amides is 1. The summed E-state index contributed by atoms with van der Waals surface area (Å²) in [5.41, 5.74) is 2.84. The smallest absolute Gasteiger partial charge is 0.269 e. The molecule has 3 aromatic rings. The number of fused-ring (bicyclic) bond motifs is 1. The molecule has 1 atom stereocenters. The number of pyridine rings is 1. The van der Waals surface area contributed by atoms with Gasteiger partial charge < -0.3 is 9.13 Å². The van der Waals surface area contributed by atoms with E-state index in [0.717, 1.165) is 28.7 Å². The first-order valence-electron chi connectivity index (χ1n) is 9.22. The highest BCUT2D eigenvalue weighted by atomic mass is 79.9. The number of nitrogens with zero attached hydrogens (tertiary/aromatic N) is 3. The van der Waals surface area contributed by atoms with E-state index in [0.29, 0.717) is 22.3 Å². The number of aryl methyl sites for hydroxylation is 1. The first-order chi connectivity index (χ1) is 13.9. The number of benzene rings is 1. The third-order valence-electron chi connectivity index (χ3n) is 5.50. The summed E-state index contributed by atoms with van der Waals surface area (Å²) in [7, 11) is 1.63. The minimum absolute atomic E-state index is 0.0792. The molecule has 2 aromatic heterocycles. The molecule has 0 radical (unpaired) electrons. The topological polar surface area (TPSA) is 47.2 Å². The summed E-state index contributed by atoms with van der Waals surface area (Å²) in [6.07, 6.45) is 3.83. The Morgan fingerprint density at radius 1 is 1.07 bits per heavy atom. The molecule has 1 aromatic carbocycles. The summed E-state index contributed by atoms with van der Waals surface area (Å²) >= 11 is 15.9. The molecule has 5 rings (SSSR count). The van der Waals surface area contributed by atoms with Crippen molar-refractivity contribution in [3.63, 3.8) is 0 Å². The van der Waals surface area contributed by atoms with Gasteiger partial charge in [0.2, 0.25) is 0 Å². The maximum absolute atomic E-state index is 13.5. The van der Waals surface area contributed by atoms with Crippen molar-refractivity contribution in [3.05, 3.63) is 84.4 Å². The van der Waals surface area contributed by atoms with Gasteiger partial charge in [-0.3, -0.25) is 14.5 Å². The summed E-state index contributed by atoms with van der Waals surface area (Å²) in [4.78, 5) is 27.3. The second kappa shape index (κ2) is 6.76. The van der Waals surface area contributed by atoms with Crippen LogP contribution in [0.1, 0.15) is 46.5 Å². The van der Waals surface area contributed by atoms with Gasteiger partial charge >= 0.3 is 0 Å². The SMILES string of the molecule is Cn1cc(N2C(=O)c3cc(Br)n(C4CC4)c3C2c2ccc(Cl)cc2)cc(Cl)c1=O. The van der Waals surface area contributed by atoms with Crippen LogP contribution in [0.4, 0.5) is 5.69 Å². The molecule has 0 bridgehead atoms. The molecule has 2 aliphatic rings. The van der Waals surface area contributed by atoms with Crippen molar-refractivity contribution in [2.24, 2.45) is 7.05 Å². The number of carbonyl (C=O) groups excluding carboxylic acids is 1. The lowest BCUT2D eigenvalue weighted by molar-refractivity contribution is 0.0993. The van der Waals surface area contributed by atoms with Crippen LogP contribution in [-0.2, 0) is 7.05 Å². The summed E-state index contributed by atoms with van der Waals surface area (Å²) in [5.74, 6) is -0.116. The van der Waals surface area contributed by atoms with Gasteiger partial charge in [0.25, 0.3) is 11.5 Å². The fourth-order valence-electron chi connectivity index (χ4n) is 4.04. The Morgan fingerprint density at radius 3 is 2.38 bits per heavy atom. The predicted octanol–water partition coefficient (Wildman–Crippen LogP) is 5.34. The second-order valence-electron chi connectivity index (χ2n) is 7.46. The van der Waals surface area contributed by atoms with E-state index in [4.69, 9.17) is 23.2 Å². The second-order valence-corrected chi connectivity index (χ2v) is 9.11. The van der Waals surface area contributed by atoms with Crippen LogP contribution < -0.4 is 10.5 Å². The minimum atomic E-state index is -0.338. The van der Waals surface area contributed by atoms with Gasteiger partial charge in [-0.1, -0.05) is 35.3 Å². The van der Waals surface area contributed by atoms with Crippen LogP contribution in [0.15, 0.2) is 52.0 Å². The summed E-state index contributed by atoms with van der Waals surface area (Å²) in [6.45, 7) is 0. The highest BCUT2D eigenvalue weighted by Gasteiger charge is 2.45. The zero-order chi connectivity index (χ0) is 20.4. The summed E-state index contributed by atoms with van der Waals surface area (Å²) < 4.78 is 4.53. The normalized spacial score (nSPS) is 18.4. The van der Waals surface area contributed by atoms with Crippen LogP contribution in [0.3, 0.4) is 0 Å². The molecule has 8 heteroatoms. The summed E-state index contributed by atoms with van der Waals surface area (Å²) in [6, 6.07) is 11.0. The largest absolute Gasteiger partial charge is 0.333 e. The molecule has 5 nitrogen and oxygen atoms in total. The van der Waals surface area contributed by atoms with E-state index >= 15 is 0 Å². The quantitative estimate of drug-likeness (QED) is 0.495. The first kappa shape index (κ1) is 19.0. The lowest BCUT2D eigenvalue weighted by Crippen LogP contribution is -2.31. The number of aromatic nitrogens is 2. The highest BCUT2D eigenvalue weighted by molar-refractivity contribution is 9.10. The molecule has 1 unspecified atom stereocenters. The fraction of sp³-hybridized carbons (Fsp3) is 0.238. The zero-order valence-corrected chi connectivity index (χ0v) is 18.5. The number of halogens is 3. The number of hydrogen-bond acceptors (Lipinski definition) is 2. The third-order valence-corrected chi connectivity index (χ3v) is 6.63. The average Bonchev–Trinajstić information content (AvgIpc) is 3.40. The van der Waals surface area contributed by atoms with Gasteiger partial charge in [0.05, 0.1) is 21.5 Å². The Morgan fingerprint density at radius 2 is 1.76 bits per heavy atom. The molecule has 148 valence electrons. The van der Waals surface area contributed by atoms with Crippen molar-refractivity contribution in [1.29, 1.82) is 0 Å². The van der Waals surface area contributed by atoms with Gasteiger partial charge in [0, 0.05) is 24.3 Å². The average molecular weight is 493 g/mol. The van der Waals surface area contributed by atoms with Crippen LogP contribution in [-0.4, -0.2) is 15.0 Å². The fourth-order valence-corrected chi connectivity index (χ4v) is 5.12. The molecule has 1 aliphatic carbocycles. The van der Waals surface area contributed by atoms with E-state index in [1.165, 1.54) is 4.57 Å². The Labute approximate surface area is 185 Å². The molecule has 1 aliphatic heterocycles. The number of hydrogen-bond donors (Lipinski definition) is 0. The molecular weight excluding hydrogens is 477 g/mol. The monoisotopic (exact) mass is 491 g/mol. The molecule has 3 heterocycles. The van der Waals surface area contributed by atoms with Crippen molar-refractivity contribution in [2.45, 2.75) is 24.9 Å². The lowest BCUT2D eigenvalue weighted by atomic mass is 10.0. The molecule has 1 amide bonds. The zero-order valence-electron chi connectivity index (χ0n) is 15.4. The molecular formula is C21H16BrCl2N3O2. The van der Waals surface area contributed by atoms with E-state index < -0.39 is 0 Å². The van der Waals surface area contributed by atoms with Crippen LogP contribution in [0.25, 0.3) is 0 Å². The van der Waals surface area contributed by atoms with Gasteiger partial charge in [0.1, 0.15) is 11.1 Å². The summed E-state index contributed by atoms with van der Waals surface area (Å²) in [5, 5.41) is 0.712. The van der Waals surface area contributed by atoms with Gasteiger partial charge in [0.15, 0.2) is 0 Å². The molecule has 0 N–H and O–H groups in total. The Balaban J connectivity index is 1.75. The van der Waals surface area contributed by atoms with Gasteiger partial charge in [-0.05, 0) is 58.6 Å². The molecule has 1 fully saturated rings. The Bertz CT molecular complexity index is 1190. The van der Waals surface area contributed by atoms with Gasteiger partial charge in [-0.25, -0.2) is 0 Å². The van der Waals surface area contributed by atoms with Gasteiger partial charge in [-0.15, -0.1) is 0 Å². The molecule has 0 saturated heterocycles. The van der Waals surface area contributed by atoms with Crippen LogP contribution in [0.5, 0.6) is 0 Å². The van der Waals surface area contributed by atoms with Crippen LogP contribution in [0.2, 0.25) is 10.0 Å². The van der Waals surface area contributed by atoms with E-state index in [-0.39, 0.29) is 22.5 Å². The van der Waals surface area contributed by atoms with Crippen molar-refractivity contribution in [1.82, 2.24) is 9.13 Å². The van der Waals surface area contributed by atoms with Crippen molar-refractivity contribution < 1.29 is 4.79 Å². The number of anilines is 1. The van der Waals surface area contributed by atoms with E-state index in [1.54, 1.807) is 24.2 Å².